The molecule has 0 radical (unpaired) electrons. The van der Waals surface area contributed by atoms with Gasteiger partial charge in [-0.05, 0) is 23.8 Å². The molecule has 6 nitrogen and oxygen atoms in total. The van der Waals surface area contributed by atoms with E-state index >= 15 is 0 Å². The van der Waals surface area contributed by atoms with Gasteiger partial charge in [0.2, 0.25) is 0 Å². The number of hydrogen-bond donors (Lipinski definition) is 2. The average Bonchev–Trinajstić information content (AvgIpc) is 3.08. The first-order valence-corrected chi connectivity index (χ1v) is 7.80. The van der Waals surface area contributed by atoms with Gasteiger partial charge in [0.05, 0.1) is 7.11 Å². The molecule has 0 aliphatic carbocycles. The van der Waals surface area contributed by atoms with Crippen molar-refractivity contribution in [1.82, 2.24) is 10.3 Å². The number of H-pyrrole nitrogens is 1. The summed E-state index contributed by atoms with van der Waals surface area (Å²) in [5.41, 5.74) is 2.06. The van der Waals surface area contributed by atoms with Crippen molar-refractivity contribution < 1.29 is 19.1 Å². The third-order valence-corrected chi connectivity index (χ3v) is 3.71. The quantitative estimate of drug-likeness (QED) is 0.677. The molecule has 1 aromatic heterocycles. The van der Waals surface area contributed by atoms with E-state index in [4.69, 9.17) is 9.47 Å². The highest BCUT2D eigenvalue weighted by atomic mass is 16.5. The van der Waals surface area contributed by atoms with E-state index in [1.54, 1.807) is 19.2 Å². The lowest BCUT2D eigenvalue weighted by molar-refractivity contribution is -0.143. The van der Waals surface area contributed by atoms with Gasteiger partial charge >= 0.3 is 5.97 Å². The standard InChI is InChI=1S/C19H18N2O4/c1-24-15-8-7-14-9-17(21-16(14)10-15)19(23)20-11-18(22)25-12-13-5-3-2-4-6-13/h2-10,21H,11-12H2,1H3,(H,20,23). The Kier molecular flexibility index (Phi) is 4.99. The number of methoxy groups -OCH3 is 1. The summed E-state index contributed by atoms with van der Waals surface area (Å²) < 4.78 is 10.3. The Labute approximate surface area is 144 Å². The number of benzene rings is 2. The molecule has 0 atom stereocenters. The van der Waals surface area contributed by atoms with Crippen molar-refractivity contribution >= 4 is 22.8 Å². The molecule has 0 unspecified atom stereocenters. The average molecular weight is 338 g/mol. The summed E-state index contributed by atoms with van der Waals surface area (Å²) >= 11 is 0. The number of amides is 1. The molecule has 0 fully saturated rings. The van der Waals surface area contributed by atoms with Crippen molar-refractivity contribution in [3.63, 3.8) is 0 Å². The van der Waals surface area contributed by atoms with Gasteiger partial charge in [-0.25, -0.2) is 0 Å². The highest BCUT2D eigenvalue weighted by Crippen LogP contribution is 2.21. The minimum atomic E-state index is -0.491. The third-order valence-electron chi connectivity index (χ3n) is 3.71. The van der Waals surface area contributed by atoms with Gasteiger partial charge < -0.3 is 19.8 Å². The predicted molar refractivity (Wildman–Crippen MR) is 93.4 cm³/mol. The van der Waals surface area contributed by atoms with Gasteiger partial charge in [-0.2, -0.15) is 0 Å². The lowest BCUT2D eigenvalue weighted by atomic mass is 10.2. The fourth-order valence-electron chi connectivity index (χ4n) is 2.39. The van der Waals surface area contributed by atoms with Crippen molar-refractivity contribution in [2.24, 2.45) is 0 Å². The van der Waals surface area contributed by atoms with Crippen LogP contribution < -0.4 is 10.1 Å². The fraction of sp³-hybridized carbons (Fsp3) is 0.158. The summed E-state index contributed by atoms with van der Waals surface area (Å²) in [6.07, 6.45) is 0. The normalized spacial score (nSPS) is 10.4. The van der Waals surface area contributed by atoms with Crippen molar-refractivity contribution in [3.8, 4) is 5.75 Å². The number of rotatable bonds is 6. The van der Waals surface area contributed by atoms with Crippen LogP contribution in [0.25, 0.3) is 10.9 Å². The Balaban J connectivity index is 1.54. The van der Waals surface area contributed by atoms with Gasteiger partial charge in [-0.3, -0.25) is 9.59 Å². The first-order valence-electron chi connectivity index (χ1n) is 7.80. The van der Waals surface area contributed by atoms with Crippen LogP contribution in [0, 0.1) is 0 Å². The first kappa shape index (κ1) is 16.6. The van der Waals surface area contributed by atoms with E-state index in [1.807, 2.05) is 42.5 Å². The summed E-state index contributed by atoms with van der Waals surface area (Å²) in [6, 6.07) is 16.6. The van der Waals surface area contributed by atoms with Crippen LogP contribution in [0.2, 0.25) is 0 Å². The lowest BCUT2D eigenvalue weighted by Crippen LogP contribution is -2.30. The SMILES string of the molecule is COc1ccc2cc(C(=O)NCC(=O)OCc3ccccc3)[nH]c2c1. The summed E-state index contributed by atoms with van der Waals surface area (Å²) in [5, 5.41) is 3.44. The molecule has 6 heteroatoms. The molecule has 0 saturated carbocycles. The Morgan fingerprint density at radius 2 is 1.88 bits per heavy atom. The summed E-state index contributed by atoms with van der Waals surface area (Å²) in [6.45, 7) is -0.00786. The lowest BCUT2D eigenvalue weighted by Gasteiger charge is -2.06. The Hall–Kier alpha value is -3.28. The summed E-state index contributed by atoms with van der Waals surface area (Å²) in [7, 11) is 1.58. The molecule has 0 bridgehead atoms. The number of fused-ring (bicyclic) bond motifs is 1. The number of aromatic amines is 1. The minimum Gasteiger partial charge on any atom is -0.497 e. The van der Waals surface area contributed by atoms with Crippen molar-refractivity contribution in [3.05, 3.63) is 65.9 Å². The maximum absolute atomic E-state index is 12.2. The van der Waals surface area contributed by atoms with Crippen LogP contribution in [-0.4, -0.2) is 30.5 Å². The van der Waals surface area contributed by atoms with Gasteiger partial charge in [0.1, 0.15) is 24.6 Å². The molecule has 0 aliphatic heterocycles. The molecule has 0 saturated heterocycles. The molecule has 25 heavy (non-hydrogen) atoms. The van der Waals surface area contributed by atoms with Gasteiger partial charge in [0, 0.05) is 17.0 Å². The molecule has 0 aliphatic rings. The zero-order valence-corrected chi connectivity index (χ0v) is 13.7. The van der Waals surface area contributed by atoms with E-state index in [1.165, 1.54) is 0 Å². The van der Waals surface area contributed by atoms with E-state index in [0.717, 1.165) is 16.5 Å². The van der Waals surface area contributed by atoms with Crippen LogP contribution in [0.3, 0.4) is 0 Å². The molecule has 1 amide bonds. The molecular formula is C19H18N2O4. The van der Waals surface area contributed by atoms with Gasteiger partial charge in [-0.1, -0.05) is 30.3 Å². The first-order chi connectivity index (χ1) is 12.2. The summed E-state index contributed by atoms with van der Waals surface area (Å²) in [4.78, 5) is 26.9. The third kappa shape index (κ3) is 4.17. The van der Waals surface area contributed by atoms with Crippen molar-refractivity contribution in [2.75, 3.05) is 13.7 Å². The topological polar surface area (TPSA) is 80.4 Å². The van der Waals surface area contributed by atoms with Crippen LogP contribution in [0.1, 0.15) is 16.1 Å². The highest BCUT2D eigenvalue weighted by Gasteiger charge is 2.12. The maximum Gasteiger partial charge on any atom is 0.325 e. The minimum absolute atomic E-state index is 0.182. The maximum atomic E-state index is 12.2. The highest BCUT2D eigenvalue weighted by molar-refractivity contribution is 5.99. The Bertz CT molecular complexity index is 887. The molecule has 3 rings (SSSR count). The second-order valence-corrected chi connectivity index (χ2v) is 5.47. The second-order valence-electron chi connectivity index (χ2n) is 5.47. The largest absolute Gasteiger partial charge is 0.497 e. The number of aromatic nitrogens is 1. The molecule has 3 aromatic rings. The predicted octanol–water partition coefficient (Wildman–Crippen LogP) is 2.65. The van der Waals surface area contributed by atoms with E-state index in [2.05, 4.69) is 10.3 Å². The molecule has 2 N–H and O–H groups in total. The zero-order chi connectivity index (χ0) is 17.6. The number of hydrogen-bond acceptors (Lipinski definition) is 4. The van der Waals surface area contributed by atoms with Crippen molar-refractivity contribution in [1.29, 1.82) is 0 Å². The zero-order valence-electron chi connectivity index (χ0n) is 13.7. The van der Waals surface area contributed by atoms with Crippen LogP contribution in [-0.2, 0) is 16.1 Å². The molecular weight excluding hydrogens is 320 g/mol. The smallest absolute Gasteiger partial charge is 0.325 e. The Morgan fingerprint density at radius 1 is 1.08 bits per heavy atom. The van der Waals surface area contributed by atoms with Gasteiger partial charge in [0.15, 0.2) is 0 Å². The van der Waals surface area contributed by atoms with Crippen LogP contribution in [0.15, 0.2) is 54.6 Å². The van der Waals surface area contributed by atoms with E-state index in [0.29, 0.717) is 11.4 Å². The fourth-order valence-corrected chi connectivity index (χ4v) is 2.39. The number of nitrogens with one attached hydrogen (secondary N) is 2. The van der Waals surface area contributed by atoms with Crippen LogP contribution >= 0.6 is 0 Å². The molecule has 128 valence electrons. The molecule has 2 aromatic carbocycles. The van der Waals surface area contributed by atoms with Crippen LogP contribution in [0.4, 0.5) is 0 Å². The molecule has 0 spiro atoms. The Morgan fingerprint density at radius 3 is 2.64 bits per heavy atom. The molecule has 1 heterocycles. The van der Waals surface area contributed by atoms with E-state index in [9.17, 15) is 9.59 Å². The van der Waals surface area contributed by atoms with E-state index < -0.39 is 5.97 Å². The number of carbonyl (C=O) groups is 2. The number of carbonyl (C=O) groups excluding carboxylic acids is 2. The van der Waals surface area contributed by atoms with Gasteiger partial charge in [0.25, 0.3) is 5.91 Å². The van der Waals surface area contributed by atoms with Crippen molar-refractivity contribution in [2.45, 2.75) is 6.61 Å². The monoisotopic (exact) mass is 338 g/mol. The number of ether oxygens (including phenoxy) is 2. The van der Waals surface area contributed by atoms with Crippen LogP contribution in [0.5, 0.6) is 5.75 Å². The number of esters is 1. The summed E-state index contributed by atoms with van der Waals surface area (Å²) in [5.74, 6) is -0.160. The van der Waals surface area contributed by atoms with Gasteiger partial charge in [-0.15, -0.1) is 0 Å². The second kappa shape index (κ2) is 7.53. The van der Waals surface area contributed by atoms with E-state index in [-0.39, 0.29) is 19.1 Å².